The summed E-state index contributed by atoms with van der Waals surface area (Å²) in [7, 11) is 0. The molecule has 0 fully saturated rings. The van der Waals surface area contributed by atoms with Crippen LogP contribution < -0.4 is 0 Å². The molecule has 0 aromatic heterocycles. The summed E-state index contributed by atoms with van der Waals surface area (Å²) in [6, 6.07) is 38.6. The second-order valence-electron chi connectivity index (χ2n) is 8.52. The molecule has 0 unspecified atom stereocenters. The predicted octanol–water partition coefficient (Wildman–Crippen LogP) is 8.42. The molecule has 0 amide bonds. The van der Waals surface area contributed by atoms with Crippen molar-refractivity contribution in [3.05, 3.63) is 130 Å². The van der Waals surface area contributed by atoms with Crippen molar-refractivity contribution < 1.29 is 4.79 Å². The van der Waals surface area contributed by atoms with Gasteiger partial charge in [0.2, 0.25) is 0 Å². The zero-order valence-corrected chi connectivity index (χ0v) is 20.1. The Balaban J connectivity index is 1.57. The van der Waals surface area contributed by atoms with Crippen LogP contribution in [-0.2, 0) is 0 Å². The molecule has 2 atom stereocenters. The number of carbonyl (C=O) groups excluding carboxylic acids is 1. The number of fused-ring (bicyclic) bond motifs is 2. The van der Waals surface area contributed by atoms with Gasteiger partial charge in [-0.05, 0) is 50.9 Å². The van der Waals surface area contributed by atoms with Gasteiger partial charge in [-0.15, -0.1) is 0 Å². The van der Waals surface area contributed by atoms with Crippen LogP contribution in [0.15, 0.2) is 114 Å². The lowest BCUT2D eigenvalue weighted by atomic mass is 9.77. The van der Waals surface area contributed by atoms with E-state index in [1.54, 1.807) is 0 Å². The van der Waals surface area contributed by atoms with Crippen molar-refractivity contribution in [2.45, 2.75) is 18.3 Å². The predicted molar refractivity (Wildman–Crippen MR) is 142 cm³/mol. The number of ketones is 1. The molecule has 34 heavy (non-hydrogen) atoms. The Morgan fingerprint density at radius 1 is 0.765 bits per heavy atom. The zero-order chi connectivity index (χ0) is 23.5. The largest absolute Gasteiger partial charge is 0.294 e. The lowest BCUT2D eigenvalue weighted by Crippen LogP contribution is -2.15. The van der Waals surface area contributed by atoms with Gasteiger partial charge in [-0.1, -0.05) is 107 Å². The molecule has 0 aliphatic rings. The van der Waals surface area contributed by atoms with Gasteiger partial charge >= 0.3 is 0 Å². The van der Waals surface area contributed by atoms with E-state index < -0.39 is 5.92 Å². The van der Waals surface area contributed by atoms with Gasteiger partial charge in [-0.25, -0.2) is 0 Å². The summed E-state index contributed by atoms with van der Waals surface area (Å²) in [6.07, 6.45) is 0.251. The monoisotopic (exact) mass is 503 g/mol. The number of nitriles is 1. The van der Waals surface area contributed by atoms with E-state index in [4.69, 9.17) is 0 Å². The highest BCUT2D eigenvalue weighted by Gasteiger charge is 2.29. The third-order valence-electron chi connectivity index (χ3n) is 6.47. The number of benzene rings is 5. The summed E-state index contributed by atoms with van der Waals surface area (Å²) in [5.74, 6) is -0.696. The minimum Gasteiger partial charge on any atom is -0.294 e. The van der Waals surface area contributed by atoms with Gasteiger partial charge in [-0.2, -0.15) is 5.26 Å². The van der Waals surface area contributed by atoms with Crippen molar-refractivity contribution in [2.24, 2.45) is 0 Å². The summed E-state index contributed by atoms with van der Waals surface area (Å²) in [5, 5.41) is 14.7. The number of hydrogen-bond donors (Lipinski definition) is 0. The number of halogens is 1. The first-order chi connectivity index (χ1) is 16.6. The molecule has 0 bridgehead atoms. The molecule has 5 aromatic carbocycles. The average molecular weight is 504 g/mol. The van der Waals surface area contributed by atoms with E-state index in [1.165, 1.54) is 0 Å². The Morgan fingerprint density at radius 3 is 2.21 bits per heavy atom. The van der Waals surface area contributed by atoms with E-state index in [0.29, 0.717) is 5.56 Å². The van der Waals surface area contributed by atoms with Crippen LogP contribution in [0.2, 0.25) is 0 Å². The maximum Gasteiger partial charge on any atom is 0.163 e. The molecule has 0 aliphatic carbocycles. The lowest BCUT2D eigenvalue weighted by molar-refractivity contribution is 0.0972. The lowest BCUT2D eigenvalue weighted by Gasteiger charge is -2.24. The van der Waals surface area contributed by atoms with E-state index in [2.05, 4.69) is 40.2 Å². The van der Waals surface area contributed by atoms with Gasteiger partial charge in [-0.3, -0.25) is 4.79 Å². The number of Topliss-reactive ketones (excluding diaryl/α,β-unsaturated/α-hetero) is 1. The molecule has 0 saturated carbocycles. The van der Waals surface area contributed by atoms with Gasteiger partial charge in [0.05, 0.1) is 12.0 Å². The van der Waals surface area contributed by atoms with Crippen molar-refractivity contribution in [1.29, 1.82) is 5.26 Å². The van der Waals surface area contributed by atoms with E-state index >= 15 is 0 Å². The number of hydrogen-bond acceptors (Lipinski definition) is 2. The fourth-order valence-corrected chi connectivity index (χ4v) is 4.98. The molecule has 3 heteroatoms. The van der Waals surface area contributed by atoms with Crippen LogP contribution in [0.5, 0.6) is 0 Å². The summed E-state index contributed by atoms with van der Waals surface area (Å²) in [6.45, 7) is 0. The van der Waals surface area contributed by atoms with Crippen LogP contribution in [0.1, 0.15) is 39.7 Å². The quantitative estimate of drug-likeness (QED) is 0.218. The molecule has 5 aromatic rings. The molecule has 5 rings (SSSR count). The fourth-order valence-electron chi connectivity index (χ4n) is 4.72. The molecule has 0 radical (unpaired) electrons. The van der Waals surface area contributed by atoms with Crippen LogP contribution in [0.4, 0.5) is 0 Å². The Bertz CT molecular complexity index is 1530. The number of carbonyl (C=O) groups is 1. The van der Waals surface area contributed by atoms with Crippen LogP contribution in [0.25, 0.3) is 21.5 Å². The molecule has 0 N–H and O–H groups in total. The maximum absolute atomic E-state index is 13.5. The molecular formula is C31H22BrNO. The highest BCUT2D eigenvalue weighted by Crippen LogP contribution is 2.39. The molecule has 0 spiro atoms. The molecule has 0 saturated heterocycles. The molecule has 0 aliphatic heterocycles. The Kier molecular flexibility index (Phi) is 6.25. The number of nitrogens with zero attached hydrogens (tertiary/aromatic N) is 1. The summed E-state index contributed by atoms with van der Waals surface area (Å²) >= 11 is 3.50. The Hall–Kier alpha value is -3.74. The minimum absolute atomic E-state index is 0.0409. The van der Waals surface area contributed by atoms with Crippen LogP contribution in [0.3, 0.4) is 0 Å². The zero-order valence-electron chi connectivity index (χ0n) is 18.5. The molecule has 164 valence electrons. The standard InChI is InChI=1S/C31H22BrNO/c32-26-16-14-23(15-17-26)29(19-31(34)25-13-12-21-6-1-2-8-24(21)18-25)30(20-33)28-11-5-9-22-7-3-4-10-27(22)28/h1-18,29-30H,19H2/t29-,30-/m1/s1. The SMILES string of the molecule is N#C[C@H](c1cccc2ccccc12)[C@H](CC(=O)c1ccc2ccccc2c1)c1ccc(Br)cc1. The summed E-state index contributed by atoms with van der Waals surface area (Å²) in [5.41, 5.74) is 2.62. The van der Waals surface area contributed by atoms with Crippen molar-refractivity contribution in [1.82, 2.24) is 0 Å². The summed E-state index contributed by atoms with van der Waals surface area (Å²) < 4.78 is 0.967. The van der Waals surface area contributed by atoms with Crippen molar-refractivity contribution >= 4 is 43.3 Å². The third-order valence-corrected chi connectivity index (χ3v) is 7.00. The first kappa shape index (κ1) is 22.1. The van der Waals surface area contributed by atoms with Gasteiger partial charge < -0.3 is 0 Å². The third kappa shape index (κ3) is 4.38. The van der Waals surface area contributed by atoms with Crippen LogP contribution in [-0.4, -0.2) is 5.78 Å². The van der Waals surface area contributed by atoms with E-state index in [0.717, 1.165) is 37.1 Å². The van der Waals surface area contributed by atoms with Gasteiger partial charge in [0.25, 0.3) is 0 Å². The highest BCUT2D eigenvalue weighted by molar-refractivity contribution is 9.10. The maximum atomic E-state index is 13.5. The van der Waals surface area contributed by atoms with E-state index in [9.17, 15) is 10.1 Å². The first-order valence-electron chi connectivity index (χ1n) is 11.3. The fraction of sp³-hybridized carbons (Fsp3) is 0.0968. The Morgan fingerprint density at radius 2 is 1.44 bits per heavy atom. The van der Waals surface area contributed by atoms with Crippen LogP contribution in [0, 0.1) is 11.3 Å². The molecule has 2 nitrogen and oxygen atoms in total. The number of rotatable bonds is 6. The highest BCUT2D eigenvalue weighted by atomic mass is 79.9. The minimum atomic E-state index is -0.461. The summed E-state index contributed by atoms with van der Waals surface area (Å²) in [4.78, 5) is 13.5. The van der Waals surface area contributed by atoms with E-state index in [-0.39, 0.29) is 18.1 Å². The van der Waals surface area contributed by atoms with Gasteiger partial charge in [0.15, 0.2) is 5.78 Å². The van der Waals surface area contributed by atoms with Crippen molar-refractivity contribution in [3.63, 3.8) is 0 Å². The second-order valence-corrected chi connectivity index (χ2v) is 9.44. The molecule has 0 heterocycles. The van der Waals surface area contributed by atoms with Crippen molar-refractivity contribution in [2.75, 3.05) is 0 Å². The first-order valence-corrected chi connectivity index (χ1v) is 12.1. The molecular weight excluding hydrogens is 482 g/mol. The topological polar surface area (TPSA) is 40.9 Å². The van der Waals surface area contributed by atoms with E-state index in [1.807, 2.05) is 91.0 Å². The smallest absolute Gasteiger partial charge is 0.163 e. The van der Waals surface area contributed by atoms with Gasteiger partial charge in [0.1, 0.15) is 0 Å². The van der Waals surface area contributed by atoms with Crippen molar-refractivity contribution in [3.8, 4) is 6.07 Å². The van der Waals surface area contributed by atoms with Crippen LogP contribution >= 0.6 is 15.9 Å². The van der Waals surface area contributed by atoms with Gasteiger partial charge in [0, 0.05) is 22.4 Å². The average Bonchev–Trinajstić information content (AvgIpc) is 2.89. The normalized spacial score (nSPS) is 12.8. The second kappa shape index (κ2) is 9.63. The Labute approximate surface area is 207 Å².